The van der Waals surface area contributed by atoms with Crippen molar-refractivity contribution in [3.63, 3.8) is 0 Å². The third-order valence-corrected chi connectivity index (χ3v) is 6.29. The highest BCUT2D eigenvalue weighted by molar-refractivity contribution is 9.30. The molecule has 2 N–H and O–H groups in total. The Morgan fingerprint density at radius 3 is 1.60 bits per heavy atom. The predicted molar refractivity (Wildman–Crippen MR) is 55.1 cm³/mol. The lowest BCUT2D eigenvalue weighted by Gasteiger charge is -2.28. The molecular formula is C4H6Br4O2. The van der Waals surface area contributed by atoms with Crippen LogP contribution < -0.4 is 0 Å². The van der Waals surface area contributed by atoms with Gasteiger partial charge >= 0.3 is 0 Å². The van der Waals surface area contributed by atoms with E-state index in [2.05, 4.69) is 63.7 Å². The maximum Gasteiger partial charge on any atom is 0.200 e. The Hall–Kier alpha value is 1.84. The summed E-state index contributed by atoms with van der Waals surface area (Å²) in [5.74, 6) is 0. The largest absolute Gasteiger partial charge is 0.396 e. The molecule has 6 heteroatoms. The van der Waals surface area contributed by atoms with Crippen LogP contribution in [-0.4, -0.2) is 23.5 Å². The van der Waals surface area contributed by atoms with Crippen LogP contribution in [0.15, 0.2) is 0 Å². The lowest BCUT2D eigenvalue weighted by molar-refractivity contribution is 0.206. The molecule has 0 spiro atoms. The van der Waals surface area contributed by atoms with E-state index in [1.165, 1.54) is 0 Å². The van der Waals surface area contributed by atoms with Gasteiger partial charge in [-0.05, 0) is 31.9 Å². The summed E-state index contributed by atoms with van der Waals surface area (Å²) in [6.07, 6.45) is 0.375. The molecule has 0 aliphatic rings. The van der Waals surface area contributed by atoms with Crippen molar-refractivity contribution in [1.82, 2.24) is 0 Å². The number of rotatable bonds is 3. The fourth-order valence-corrected chi connectivity index (χ4v) is 1.04. The van der Waals surface area contributed by atoms with E-state index in [1.54, 1.807) is 0 Å². The van der Waals surface area contributed by atoms with E-state index in [1.807, 2.05) is 0 Å². The first kappa shape index (κ1) is 11.8. The smallest absolute Gasteiger partial charge is 0.200 e. The van der Waals surface area contributed by atoms with Crippen LogP contribution in [0.2, 0.25) is 0 Å². The van der Waals surface area contributed by atoms with E-state index in [0.717, 1.165) is 0 Å². The molecule has 0 saturated heterocycles. The summed E-state index contributed by atoms with van der Waals surface area (Å²) in [7, 11) is 0. The number of halogens is 4. The molecule has 0 unspecified atom stereocenters. The van der Waals surface area contributed by atoms with Crippen LogP contribution in [0.5, 0.6) is 0 Å². The Kier molecular flexibility index (Phi) is 4.95. The summed E-state index contributed by atoms with van der Waals surface area (Å²) in [6.45, 7) is -0.0178. The van der Waals surface area contributed by atoms with Crippen LogP contribution in [0.1, 0.15) is 6.42 Å². The molecule has 0 aromatic carbocycles. The van der Waals surface area contributed by atoms with Gasteiger partial charge in [0.05, 0.1) is 0 Å². The Labute approximate surface area is 92.9 Å². The van der Waals surface area contributed by atoms with Crippen molar-refractivity contribution in [3.8, 4) is 0 Å². The van der Waals surface area contributed by atoms with Gasteiger partial charge in [-0.1, -0.05) is 31.9 Å². The average molecular weight is 406 g/mol. The molecule has 0 aromatic rings. The highest BCUT2D eigenvalue weighted by Gasteiger charge is 2.42. The number of alkyl halides is 4. The van der Waals surface area contributed by atoms with Crippen molar-refractivity contribution in [3.05, 3.63) is 0 Å². The molecule has 0 radical (unpaired) electrons. The topological polar surface area (TPSA) is 40.5 Å². The summed E-state index contributed by atoms with van der Waals surface area (Å²) in [4.78, 5) is 0. The summed E-state index contributed by atoms with van der Waals surface area (Å²) in [5, 5.41) is 17.9. The quantitative estimate of drug-likeness (QED) is 0.707. The van der Waals surface area contributed by atoms with Gasteiger partial charge in [0, 0.05) is 13.0 Å². The third-order valence-electron chi connectivity index (χ3n) is 0.866. The summed E-state index contributed by atoms with van der Waals surface area (Å²) in [5.41, 5.74) is 0. The van der Waals surface area contributed by atoms with Crippen LogP contribution in [0.3, 0.4) is 0 Å². The normalized spacial score (nSPS) is 13.8. The van der Waals surface area contributed by atoms with Crippen LogP contribution >= 0.6 is 63.7 Å². The monoisotopic (exact) mass is 402 g/mol. The molecule has 0 amide bonds. The predicted octanol–water partition coefficient (Wildman–Crippen LogP) is 2.29. The van der Waals surface area contributed by atoms with Crippen LogP contribution in [0, 0.1) is 0 Å². The molecule has 0 fully saturated rings. The van der Waals surface area contributed by atoms with E-state index in [9.17, 15) is 5.11 Å². The Bertz CT molecular complexity index is 108. The number of hydrogen-bond donors (Lipinski definition) is 2. The fourth-order valence-electron chi connectivity index (χ4n) is 0.291. The standard InChI is InChI=1S/C4H6Br4O2/c5-3(6,1-2-9)4(7,8)10/h9-10H,1-2H2. The molecule has 2 nitrogen and oxygen atoms in total. The highest BCUT2D eigenvalue weighted by Crippen LogP contribution is 2.48. The minimum Gasteiger partial charge on any atom is -0.396 e. The zero-order valence-corrected chi connectivity index (χ0v) is 11.2. The lowest BCUT2D eigenvalue weighted by Crippen LogP contribution is -2.34. The third kappa shape index (κ3) is 3.49. The molecule has 0 aromatic heterocycles. The van der Waals surface area contributed by atoms with Crippen molar-refractivity contribution in [2.24, 2.45) is 0 Å². The van der Waals surface area contributed by atoms with E-state index >= 15 is 0 Å². The molecule has 0 atom stereocenters. The Balaban J connectivity index is 4.10. The van der Waals surface area contributed by atoms with E-state index in [0.29, 0.717) is 6.42 Å². The SMILES string of the molecule is OCCC(Br)(Br)C(O)(Br)Br. The van der Waals surface area contributed by atoms with Gasteiger partial charge in [0.2, 0.25) is 3.42 Å². The molecular weight excluding hydrogens is 400 g/mol. The fraction of sp³-hybridized carbons (Fsp3) is 1.00. The first-order valence-electron chi connectivity index (χ1n) is 2.40. The summed E-state index contributed by atoms with van der Waals surface area (Å²) >= 11 is 12.3. The average Bonchev–Trinajstić information content (AvgIpc) is 1.61. The van der Waals surface area contributed by atoms with Gasteiger partial charge in [-0.25, -0.2) is 0 Å². The second-order valence-electron chi connectivity index (χ2n) is 1.72. The van der Waals surface area contributed by atoms with E-state index in [-0.39, 0.29) is 6.61 Å². The molecule has 10 heavy (non-hydrogen) atoms. The minimum absolute atomic E-state index is 0.0178. The lowest BCUT2D eigenvalue weighted by atomic mass is 10.3. The molecule has 0 rings (SSSR count). The maximum atomic E-state index is 9.30. The van der Waals surface area contributed by atoms with Crippen molar-refractivity contribution in [1.29, 1.82) is 0 Å². The van der Waals surface area contributed by atoms with Crippen LogP contribution in [0.25, 0.3) is 0 Å². The van der Waals surface area contributed by atoms with Crippen molar-refractivity contribution in [2.45, 2.75) is 13.1 Å². The molecule has 0 aliphatic carbocycles. The summed E-state index contributed by atoms with van der Waals surface area (Å²) < 4.78 is -2.00. The molecule has 0 heterocycles. The Morgan fingerprint density at radius 2 is 1.50 bits per heavy atom. The summed E-state index contributed by atoms with van der Waals surface area (Å²) in [6, 6.07) is 0. The van der Waals surface area contributed by atoms with Crippen LogP contribution in [-0.2, 0) is 0 Å². The van der Waals surface area contributed by atoms with Gasteiger partial charge in [0.1, 0.15) is 3.23 Å². The number of aliphatic hydroxyl groups excluding tert-OH is 1. The second kappa shape index (κ2) is 4.18. The highest BCUT2D eigenvalue weighted by atomic mass is 79.9. The second-order valence-corrected chi connectivity index (χ2v) is 8.85. The van der Waals surface area contributed by atoms with E-state index in [4.69, 9.17) is 5.11 Å². The van der Waals surface area contributed by atoms with Gasteiger partial charge in [-0.15, -0.1) is 0 Å². The van der Waals surface area contributed by atoms with E-state index < -0.39 is 6.65 Å². The van der Waals surface area contributed by atoms with Gasteiger partial charge in [0.25, 0.3) is 0 Å². The molecule has 0 saturated carbocycles. The maximum absolute atomic E-state index is 9.30. The molecule has 62 valence electrons. The van der Waals surface area contributed by atoms with Crippen LogP contribution in [0.4, 0.5) is 0 Å². The van der Waals surface area contributed by atoms with Gasteiger partial charge in [-0.3, -0.25) is 0 Å². The first-order valence-corrected chi connectivity index (χ1v) is 5.57. The zero-order chi connectivity index (χ0) is 8.41. The first-order chi connectivity index (χ1) is 4.31. The Morgan fingerprint density at radius 1 is 1.10 bits per heavy atom. The van der Waals surface area contributed by atoms with Crippen molar-refractivity contribution in [2.75, 3.05) is 6.61 Å². The number of aliphatic hydroxyl groups is 2. The van der Waals surface area contributed by atoms with Crippen molar-refractivity contribution >= 4 is 63.7 Å². The molecule has 0 aliphatic heterocycles. The minimum atomic E-state index is -1.25. The van der Waals surface area contributed by atoms with Gasteiger partial charge in [0.15, 0.2) is 0 Å². The number of hydrogen-bond acceptors (Lipinski definition) is 2. The van der Waals surface area contributed by atoms with Gasteiger partial charge < -0.3 is 10.2 Å². The van der Waals surface area contributed by atoms with Gasteiger partial charge in [-0.2, -0.15) is 0 Å². The molecule has 0 bridgehead atoms. The zero-order valence-electron chi connectivity index (χ0n) is 4.82. The van der Waals surface area contributed by atoms with Crippen molar-refractivity contribution < 1.29 is 10.2 Å².